The van der Waals surface area contributed by atoms with Gasteiger partial charge in [-0.25, -0.2) is 0 Å². The number of nitrogens with zero attached hydrogens (tertiary/aromatic N) is 4. The highest BCUT2D eigenvalue weighted by molar-refractivity contribution is 7.22. The van der Waals surface area contributed by atoms with Crippen molar-refractivity contribution in [1.29, 1.82) is 0 Å². The van der Waals surface area contributed by atoms with Gasteiger partial charge in [0.25, 0.3) is 0 Å². The number of rotatable bonds is 2. The summed E-state index contributed by atoms with van der Waals surface area (Å²) in [5, 5.41) is 13.1. The van der Waals surface area contributed by atoms with Gasteiger partial charge in [0.1, 0.15) is 0 Å². The Morgan fingerprint density at radius 1 is 1.11 bits per heavy atom. The fourth-order valence-corrected chi connectivity index (χ4v) is 4.70. The van der Waals surface area contributed by atoms with Crippen LogP contribution in [0.2, 0.25) is 0 Å². The largest absolute Gasteiger partial charge is 0.342 e. The van der Waals surface area contributed by atoms with Crippen molar-refractivity contribution in [3.63, 3.8) is 0 Å². The van der Waals surface area contributed by atoms with E-state index in [1.54, 1.807) is 22.7 Å². The van der Waals surface area contributed by atoms with Crippen LogP contribution in [0, 0.1) is 0 Å². The van der Waals surface area contributed by atoms with Gasteiger partial charge in [0, 0.05) is 32.2 Å². The highest BCUT2D eigenvalue weighted by atomic mass is 32.1. The molecule has 2 aromatic heterocycles. The molecule has 0 aromatic carbocycles. The number of anilines is 1. The van der Waals surface area contributed by atoms with Crippen LogP contribution in [0.5, 0.6) is 0 Å². The zero-order valence-corrected chi connectivity index (χ0v) is 12.3. The Morgan fingerprint density at radius 3 is 2.79 bits per heavy atom. The Labute approximate surface area is 120 Å². The maximum atomic E-state index is 4.44. The molecular formula is C13H16N4S2. The maximum absolute atomic E-state index is 4.44. The summed E-state index contributed by atoms with van der Waals surface area (Å²) < 4.78 is 0. The molecule has 0 aliphatic carbocycles. The number of hydrogen-bond donors (Lipinski definition) is 0. The van der Waals surface area contributed by atoms with Gasteiger partial charge >= 0.3 is 0 Å². The molecule has 0 unspecified atom stereocenters. The summed E-state index contributed by atoms with van der Waals surface area (Å²) >= 11 is 3.48. The third-order valence-corrected chi connectivity index (χ3v) is 6.05. The molecule has 4 nitrogen and oxygen atoms in total. The molecule has 0 spiro atoms. The lowest BCUT2D eigenvalue weighted by Gasteiger charge is -2.30. The van der Waals surface area contributed by atoms with E-state index in [0.29, 0.717) is 6.04 Å². The van der Waals surface area contributed by atoms with Crippen molar-refractivity contribution < 1.29 is 0 Å². The van der Waals surface area contributed by atoms with Gasteiger partial charge in [0.05, 0.1) is 4.88 Å². The van der Waals surface area contributed by atoms with Gasteiger partial charge in [-0.05, 0) is 24.3 Å². The van der Waals surface area contributed by atoms with Crippen molar-refractivity contribution >= 4 is 27.8 Å². The molecule has 100 valence electrons. The molecule has 19 heavy (non-hydrogen) atoms. The summed E-state index contributed by atoms with van der Waals surface area (Å²) in [7, 11) is 0. The predicted octanol–water partition coefficient (Wildman–Crippen LogP) is 2.55. The maximum Gasteiger partial charge on any atom is 0.208 e. The standard InChI is InChI=1S/C13H16N4S2/c1-2-11(18-9-1)12-14-15-13(19-12)17-8-7-16-5-3-10(17)4-6-16/h1-2,9-10H,3-8H2. The molecule has 0 radical (unpaired) electrons. The zero-order chi connectivity index (χ0) is 12.7. The third-order valence-electron chi connectivity index (χ3n) is 4.05. The van der Waals surface area contributed by atoms with Crippen LogP contribution in [0.1, 0.15) is 12.8 Å². The van der Waals surface area contributed by atoms with Crippen molar-refractivity contribution in [2.24, 2.45) is 0 Å². The second-order valence-corrected chi connectivity index (χ2v) is 7.04. The van der Waals surface area contributed by atoms with E-state index < -0.39 is 0 Å². The molecule has 3 aliphatic rings. The van der Waals surface area contributed by atoms with Crippen LogP contribution in [0.4, 0.5) is 5.13 Å². The smallest absolute Gasteiger partial charge is 0.208 e. The molecule has 0 amide bonds. The lowest BCUT2D eigenvalue weighted by atomic mass is 10.1. The number of hydrogen-bond acceptors (Lipinski definition) is 6. The lowest BCUT2D eigenvalue weighted by Crippen LogP contribution is -2.37. The van der Waals surface area contributed by atoms with Gasteiger partial charge in [-0.1, -0.05) is 17.4 Å². The van der Waals surface area contributed by atoms with Gasteiger partial charge in [-0.3, -0.25) is 0 Å². The van der Waals surface area contributed by atoms with Crippen molar-refractivity contribution in [3.8, 4) is 9.88 Å². The van der Waals surface area contributed by atoms with Crippen LogP contribution in [-0.4, -0.2) is 47.3 Å². The second-order valence-electron chi connectivity index (χ2n) is 5.13. The number of fused-ring (bicyclic) bond motifs is 4. The Morgan fingerprint density at radius 2 is 2.00 bits per heavy atom. The van der Waals surface area contributed by atoms with Crippen LogP contribution < -0.4 is 4.90 Å². The summed E-state index contributed by atoms with van der Waals surface area (Å²) in [6, 6.07) is 4.86. The van der Waals surface area contributed by atoms with Crippen molar-refractivity contribution in [3.05, 3.63) is 17.5 Å². The van der Waals surface area contributed by atoms with E-state index in [-0.39, 0.29) is 0 Å². The molecule has 2 bridgehead atoms. The molecule has 3 fully saturated rings. The van der Waals surface area contributed by atoms with E-state index in [2.05, 4.69) is 37.5 Å². The Balaban J connectivity index is 1.62. The number of piperidine rings is 1. The van der Waals surface area contributed by atoms with Crippen LogP contribution >= 0.6 is 22.7 Å². The molecule has 6 heteroatoms. The lowest BCUT2D eigenvalue weighted by molar-refractivity contribution is 0.250. The molecule has 2 aromatic rings. The van der Waals surface area contributed by atoms with Gasteiger partial charge in [0.2, 0.25) is 5.13 Å². The van der Waals surface area contributed by atoms with E-state index in [0.717, 1.165) is 16.7 Å². The van der Waals surface area contributed by atoms with Crippen LogP contribution in [0.25, 0.3) is 9.88 Å². The van der Waals surface area contributed by atoms with E-state index in [1.807, 2.05) is 0 Å². The normalized spacial score (nSPS) is 26.6. The summed E-state index contributed by atoms with van der Waals surface area (Å²) in [5.41, 5.74) is 0. The fraction of sp³-hybridized carbons (Fsp3) is 0.538. The first kappa shape index (κ1) is 11.8. The monoisotopic (exact) mass is 292 g/mol. The van der Waals surface area contributed by atoms with Gasteiger partial charge in [0.15, 0.2) is 5.01 Å². The predicted molar refractivity (Wildman–Crippen MR) is 80.0 cm³/mol. The second kappa shape index (κ2) is 4.85. The van der Waals surface area contributed by atoms with Crippen LogP contribution in [-0.2, 0) is 0 Å². The summed E-state index contributed by atoms with van der Waals surface area (Å²) in [6.45, 7) is 4.77. The first-order chi connectivity index (χ1) is 9.40. The zero-order valence-electron chi connectivity index (χ0n) is 10.7. The van der Waals surface area contributed by atoms with E-state index >= 15 is 0 Å². The minimum Gasteiger partial charge on any atom is -0.342 e. The molecule has 5 heterocycles. The third kappa shape index (κ3) is 2.17. The first-order valence-corrected chi connectivity index (χ1v) is 8.46. The molecule has 5 rings (SSSR count). The van der Waals surface area contributed by atoms with Crippen LogP contribution in [0.3, 0.4) is 0 Å². The van der Waals surface area contributed by atoms with Gasteiger partial charge < -0.3 is 9.80 Å². The highest BCUT2D eigenvalue weighted by Crippen LogP contribution is 2.34. The average Bonchev–Trinajstić information content (AvgIpc) is 3.05. The quantitative estimate of drug-likeness (QED) is 0.851. The summed E-state index contributed by atoms with van der Waals surface area (Å²) in [5.74, 6) is 0. The minimum absolute atomic E-state index is 0.669. The SMILES string of the molecule is c1csc(-c2nnc(N3CCN4CCC3CC4)s2)c1. The van der Waals surface area contributed by atoms with Gasteiger partial charge in [-0.15, -0.1) is 21.5 Å². The fourth-order valence-electron chi connectivity index (χ4n) is 2.97. The van der Waals surface area contributed by atoms with Gasteiger partial charge in [-0.2, -0.15) is 0 Å². The van der Waals surface area contributed by atoms with Crippen molar-refractivity contribution in [2.75, 3.05) is 31.1 Å². The molecule has 0 saturated carbocycles. The minimum atomic E-state index is 0.669. The Hall–Kier alpha value is -0.980. The topological polar surface area (TPSA) is 32.3 Å². The van der Waals surface area contributed by atoms with Crippen molar-refractivity contribution in [1.82, 2.24) is 15.1 Å². The molecular weight excluding hydrogens is 276 g/mol. The number of thiophene rings is 1. The molecule has 0 atom stereocenters. The first-order valence-electron chi connectivity index (χ1n) is 6.76. The number of aromatic nitrogens is 2. The Bertz CT molecular complexity index is 543. The summed E-state index contributed by atoms with van der Waals surface area (Å²) in [4.78, 5) is 6.28. The van der Waals surface area contributed by atoms with Crippen molar-refractivity contribution in [2.45, 2.75) is 18.9 Å². The van der Waals surface area contributed by atoms with E-state index in [4.69, 9.17) is 0 Å². The van der Waals surface area contributed by atoms with E-state index in [9.17, 15) is 0 Å². The molecule has 3 aliphatic heterocycles. The van der Waals surface area contributed by atoms with Crippen LogP contribution in [0.15, 0.2) is 17.5 Å². The molecule has 3 saturated heterocycles. The Kier molecular flexibility index (Phi) is 3.01. The molecule has 0 N–H and O–H groups in total. The van der Waals surface area contributed by atoms with E-state index in [1.165, 1.54) is 37.4 Å². The average molecular weight is 292 g/mol. The summed E-state index contributed by atoms with van der Waals surface area (Å²) in [6.07, 6.45) is 2.54. The highest BCUT2D eigenvalue weighted by Gasteiger charge is 2.30.